The van der Waals surface area contributed by atoms with Crippen LogP contribution in [-0.2, 0) is 9.59 Å². The molecule has 1 fully saturated rings. The summed E-state index contributed by atoms with van der Waals surface area (Å²) in [5.41, 5.74) is 0.569. The van der Waals surface area contributed by atoms with Crippen molar-refractivity contribution in [1.82, 2.24) is 10.2 Å². The van der Waals surface area contributed by atoms with Gasteiger partial charge in [0, 0.05) is 47.4 Å². The monoisotopic (exact) mass is 400 g/mol. The van der Waals surface area contributed by atoms with Gasteiger partial charge in [-0.3, -0.25) is 9.59 Å². The molecular formula is C22H25FN2O2S. The highest BCUT2D eigenvalue weighted by atomic mass is 32.1. The summed E-state index contributed by atoms with van der Waals surface area (Å²) in [7, 11) is 0. The maximum atomic E-state index is 13.9. The van der Waals surface area contributed by atoms with Gasteiger partial charge in [-0.2, -0.15) is 0 Å². The average molecular weight is 401 g/mol. The predicted octanol–water partition coefficient (Wildman–Crippen LogP) is 4.48. The molecule has 0 bridgehead atoms. The number of carbonyl (C=O) groups excluding carboxylic acids is 2. The SMILES string of the molecule is O=C(C=Cc1ccc(-c2ccccc2F)s1)NCCCN1CCCCCC1=O. The molecule has 0 unspecified atom stereocenters. The first-order valence-corrected chi connectivity index (χ1v) is 10.5. The number of carbonyl (C=O) groups is 2. The van der Waals surface area contributed by atoms with Crippen LogP contribution in [0, 0.1) is 5.82 Å². The Balaban J connectivity index is 1.43. The van der Waals surface area contributed by atoms with Crippen molar-refractivity contribution in [2.75, 3.05) is 19.6 Å². The van der Waals surface area contributed by atoms with Crippen molar-refractivity contribution in [3.63, 3.8) is 0 Å². The molecule has 1 aromatic carbocycles. The van der Waals surface area contributed by atoms with E-state index in [4.69, 9.17) is 0 Å². The lowest BCUT2D eigenvalue weighted by atomic mass is 10.2. The number of hydrogen-bond donors (Lipinski definition) is 1. The number of amides is 2. The summed E-state index contributed by atoms with van der Waals surface area (Å²) in [5.74, 6) is -0.185. The van der Waals surface area contributed by atoms with Crippen LogP contribution in [0.25, 0.3) is 16.5 Å². The lowest BCUT2D eigenvalue weighted by Gasteiger charge is -2.20. The Morgan fingerprint density at radius 3 is 2.89 bits per heavy atom. The molecule has 6 heteroatoms. The Labute approximate surface area is 169 Å². The molecule has 0 spiro atoms. The van der Waals surface area contributed by atoms with Gasteiger partial charge in [-0.25, -0.2) is 4.39 Å². The van der Waals surface area contributed by atoms with Crippen molar-refractivity contribution in [2.45, 2.75) is 32.1 Å². The van der Waals surface area contributed by atoms with Crippen molar-refractivity contribution in [3.05, 3.63) is 53.2 Å². The molecule has 1 aliphatic heterocycles. The minimum atomic E-state index is -0.250. The highest BCUT2D eigenvalue weighted by molar-refractivity contribution is 7.16. The van der Waals surface area contributed by atoms with Gasteiger partial charge in [0.2, 0.25) is 11.8 Å². The maximum absolute atomic E-state index is 13.9. The maximum Gasteiger partial charge on any atom is 0.244 e. The minimum absolute atomic E-state index is 0.164. The van der Waals surface area contributed by atoms with Crippen LogP contribution in [0.5, 0.6) is 0 Å². The average Bonchev–Trinajstić information content (AvgIpc) is 3.07. The third-order valence-corrected chi connectivity index (χ3v) is 5.82. The lowest BCUT2D eigenvalue weighted by Crippen LogP contribution is -2.33. The second-order valence-corrected chi connectivity index (χ2v) is 7.97. The highest BCUT2D eigenvalue weighted by Gasteiger charge is 2.15. The van der Waals surface area contributed by atoms with Crippen LogP contribution in [0.15, 0.2) is 42.5 Å². The summed E-state index contributed by atoms with van der Waals surface area (Å²) >= 11 is 1.44. The van der Waals surface area contributed by atoms with Gasteiger partial charge >= 0.3 is 0 Å². The fraction of sp³-hybridized carbons (Fsp3) is 0.364. The van der Waals surface area contributed by atoms with E-state index in [0.717, 1.165) is 42.0 Å². The van der Waals surface area contributed by atoms with Crippen LogP contribution < -0.4 is 5.32 Å². The molecule has 2 aromatic rings. The predicted molar refractivity (Wildman–Crippen MR) is 111 cm³/mol. The summed E-state index contributed by atoms with van der Waals surface area (Å²) in [6.07, 6.45) is 7.79. The number of rotatable bonds is 7. The molecule has 148 valence electrons. The van der Waals surface area contributed by atoms with Crippen LogP contribution >= 0.6 is 11.3 Å². The van der Waals surface area contributed by atoms with Gasteiger partial charge in [-0.05, 0) is 43.5 Å². The van der Waals surface area contributed by atoms with Gasteiger partial charge in [0.05, 0.1) is 0 Å². The molecule has 1 aliphatic rings. The number of nitrogens with one attached hydrogen (secondary N) is 1. The standard InChI is InChI=1S/C22H25FN2O2S/c23-19-8-4-3-7-18(19)20-12-10-17(28-20)11-13-21(26)24-14-6-16-25-15-5-1-2-9-22(25)27/h3-4,7-8,10-13H,1-2,5-6,9,14-16H2,(H,24,26). The first kappa shape index (κ1) is 20.3. The van der Waals surface area contributed by atoms with Gasteiger partial charge in [-0.15, -0.1) is 11.3 Å². The van der Waals surface area contributed by atoms with E-state index >= 15 is 0 Å². The molecule has 0 aliphatic carbocycles. The van der Waals surface area contributed by atoms with E-state index in [1.54, 1.807) is 24.3 Å². The second kappa shape index (κ2) is 10.2. The van der Waals surface area contributed by atoms with E-state index in [1.807, 2.05) is 17.0 Å². The second-order valence-electron chi connectivity index (χ2n) is 6.85. The molecule has 1 aromatic heterocycles. The van der Waals surface area contributed by atoms with Crippen molar-refractivity contribution >= 4 is 29.2 Å². The number of likely N-dealkylation sites (tertiary alicyclic amines) is 1. The zero-order chi connectivity index (χ0) is 19.8. The van der Waals surface area contributed by atoms with Crippen LogP contribution in [0.2, 0.25) is 0 Å². The quantitative estimate of drug-likeness (QED) is 0.550. The first-order chi connectivity index (χ1) is 13.6. The number of halogens is 1. The van der Waals surface area contributed by atoms with Gasteiger partial charge in [0.1, 0.15) is 5.82 Å². The largest absolute Gasteiger partial charge is 0.352 e. The Morgan fingerprint density at radius 1 is 1.18 bits per heavy atom. The molecule has 0 saturated carbocycles. The fourth-order valence-corrected chi connectivity index (χ4v) is 4.16. The summed E-state index contributed by atoms with van der Waals surface area (Å²) in [4.78, 5) is 27.5. The molecule has 0 radical (unpaired) electrons. The molecule has 4 nitrogen and oxygen atoms in total. The molecule has 3 rings (SSSR count). The smallest absolute Gasteiger partial charge is 0.244 e. The number of thiophene rings is 1. The minimum Gasteiger partial charge on any atom is -0.352 e. The van der Waals surface area contributed by atoms with Crippen LogP contribution in [0.4, 0.5) is 4.39 Å². The third kappa shape index (κ3) is 5.76. The number of hydrogen-bond acceptors (Lipinski definition) is 3. The van der Waals surface area contributed by atoms with E-state index in [9.17, 15) is 14.0 Å². The lowest BCUT2D eigenvalue weighted by molar-refractivity contribution is -0.130. The normalized spacial score (nSPS) is 15.0. The van der Waals surface area contributed by atoms with Crippen LogP contribution in [-0.4, -0.2) is 36.3 Å². The summed E-state index contributed by atoms with van der Waals surface area (Å²) in [5, 5.41) is 2.85. The van der Waals surface area contributed by atoms with Gasteiger partial charge in [-0.1, -0.05) is 24.6 Å². The van der Waals surface area contributed by atoms with E-state index < -0.39 is 0 Å². The fourth-order valence-electron chi connectivity index (χ4n) is 3.22. The van der Waals surface area contributed by atoms with E-state index in [1.165, 1.54) is 23.5 Å². The summed E-state index contributed by atoms with van der Waals surface area (Å²) in [6, 6.07) is 10.4. The summed E-state index contributed by atoms with van der Waals surface area (Å²) in [6.45, 7) is 2.06. The zero-order valence-electron chi connectivity index (χ0n) is 15.8. The Hall–Kier alpha value is -2.47. The van der Waals surface area contributed by atoms with Crippen molar-refractivity contribution in [2.24, 2.45) is 0 Å². The van der Waals surface area contributed by atoms with Crippen LogP contribution in [0.3, 0.4) is 0 Å². The Morgan fingerprint density at radius 2 is 2.04 bits per heavy atom. The summed E-state index contributed by atoms with van der Waals surface area (Å²) < 4.78 is 13.9. The van der Waals surface area contributed by atoms with Gasteiger partial charge < -0.3 is 10.2 Å². The van der Waals surface area contributed by atoms with E-state index in [2.05, 4.69) is 5.32 Å². The van der Waals surface area contributed by atoms with Crippen LogP contribution in [0.1, 0.15) is 37.0 Å². The molecule has 1 N–H and O–H groups in total. The first-order valence-electron chi connectivity index (χ1n) is 9.72. The third-order valence-electron chi connectivity index (χ3n) is 4.74. The highest BCUT2D eigenvalue weighted by Crippen LogP contribution is 2.30. The Kier molecular flexibility index (Phi) is 7.37. The Bertz CT molecular complexity index is 847. The molecule has 1 saturated heterocycles. The van der Waals surface area contributed by atoms with Gasteiger partial charge in [0.25, 0.3) is 0 Å². The van der Waals surface area contributed by atoms with Crippen molar-refractivity contribution in [3.8, 4) is 10.4 Å². The van der Waals surface area contributed by atoms with Gasteiger partial charge in [0.15, 0.2) is 0 Å². The van der Waals surface area contributed by atoms with E-state index in [-0.39, 0.29) is 17.6 Å². The molecule has 2 amide bonds. The zero-order valence-corrected chi connectivity index (χ0v) is 16.6. The molecule has 2 heterocycles. The topological polar surface area (TPSA) is 49.4 Å². The molecule has 28 heavy (non-hydrogen) atoms. The molecular weight excluding hydrogens is 375 g/mol. The number of benzene rings is 1. The molecule has 0 atom stereocenters. The number of nitrogens with zero attached hydrogens (tertiary/aromatic N) is 1. The van der Waals surface area contributed by atoms with Crippen molar-refractivity contribution < 1.29 is 14.0 Å². The van der Waals surface area contributed by atoms with E-state index in [0.29, 0.717) is 25.1 Å². The van der Waals surface area contributed by atoms with Crippen molar-refractivity contribution in [1.29, 1.82) is 0 Å².